The molecule has 1 aliphatic heterocycles. The summed E-state index contributed by atoms with van der Waals surface area (Å²) < 4.78 is 6.85. The monoisotopic (exact) mass is 333 g/mol. The molecule has 0 aliphatic carbocycles. The summed E-state index contributed by atoms with van der Waals surface area (Å²) in [6, 6.07) is 11.5. The van der Waals surface area contributed by atoms with E-state index < -0.39 is 8.32 Å². The summed E-state index contributed by atoms with van der Waals surface area (Å²) in [6.07, 6.45) is 5.35. The van der Waals surface area contributed by atoms with Gasteiger partial charge in [-0.25, -0.2) is 0 Å². The first kappa shape index (κ1) is 18.7. The lowest BCUT2D eigenvalue weighted by molar-refractivity contribution is 0.100. The quantitative estimate of drug-likeness (QED) is 0.648. The molecule has 0 unspecified atom stereocenters. The summed E-state index contributed by atoms with van der Waals surface area (Å²) in [5, 5.41) is 0.249. The van der Waals surface area contributed by atoms with Gasteiger partial charge in [0.15, 0.2) is 8.32 Å². The van der Waals surface area contributed by atoms with Gasteiger partial charge < -0.3 is 9.33 Å². The van der Waals surface area contributed by atoms with Crippen LogP contribution in [0.15, 0.2) is 30.3 Å². The Balaban J connectivity index is 2.19. The van der Waals surface area contributed by atoms with Crippen molar-refractivity contribution >= 4 is 8.32 Å². The minimum Gasteiger partial charge on any atom is -0.410 e. The highest BCUT2D eigenvalue weighted by Gasteiger charge is 2.40. The molecule has 1 aromatic carbocycles. The van der Waals surface area contributed by atoms with Crippen molar-refractivity contribution in [3.05, 3.63) is 35.9 Å². The van der Waals surface area contributed by atoms with Gasteiger partial charge >= 0.3 is 0 Å². The van der Waals surface area contributed by atoms with Crippen molar-refractivity contribution in [3.8, 4) is 0 Å². The van der Waals surface area contributed by atoms with Crippen LogP contribution in [-0.4, -0.2) is 32.9 Å². The molecule has 0 aromatic heterocycles. The third kappa shape index (κ3) is 4.91. The van der Waals surface area contributed by atoms with Crippen LogP contribution in [0, 0.1) is 0 Å². The molecule has 0 bridgehead atoms. The molecule has 0 spiro atoms. The molecule has 130 valence electrons. The van der Waals surface area contributed by atoms with Gasteiger partial charge in [0.2, 0.25) is 0 Å². The molecule has 1 heterocycles. The predicted molar refractivity (Wildman–Crippen MR) is 102 cm³/mol. The normalized spacial score (nSPS) is 22.1. The Morgan fingerprint density at radius 2 is 1.83 bits per heavy atom. The van der Waals surface area contributed by atoms with Gasteiger partial charge in [-0.2, -0.15) is 0 Å². The zero-order valence-corrected chi connectivity index (χ0v) is 16.9. The van der Waals surface area contributed by atoms with E-state index in [1.165, 1.54) is 31.4 Å². The maximum atomic E-state index is 6.85. The molecule has 1 aliphatic rings. The smallest absolute Gasteiger partial charge is 0.192 e. The van der Waals surface area contributed by atoms with Crippen molar-refractivity contribution in [1.82, 2.24) is 4.90 Å². The highest BCUT2D eigenvalue weighted by molar-refractivity contribution is 6.74. The molecule has 2 atom stereocenters. The summed E-state index contributed by atoms with van der Waals surface area (Å²) in [4.78, 5) is 2.54. The second kappa shape index (κ2) is 7.50. The molecule has 1 saturated heterocycles. The molecule has 2 nitrogen and oxygen atoms in total. The Morgan fingerprint density at radius 3 is 2.39 bits per heavy atom. The van der Waals surface area contributed by atoms with E-state index in [1.54, 1.807) is 0 Å². The number of piperidine rings is 1. The number of hydrogen-bond acceptors (Lipinski definition) is 2. The second-order valence-corrected chi connectivity index (χ2v) is 13.4. The van der Waals surface area contributed by atoms with Gasteiger partial charge in [-0.3, -0.25) is 0 Å². The summed E-state index contributed by atoms with van der Waals surface area (Å²) in [5.41, 5.74) is 1.34. The first-order chi connectivity index (χ1) is 10.7. The maximum absolute atomic E-state index is 6.85. The molecule has 23 heavy (non-hydrogen) atoms. The standard InChI is InChI=1S/C20H35NOSi/c1-20(2,3)23(5,6)22-19(17-12-8-7-9-13-17)16-18-14-10-11-15-21(18)4/h7-9,12-13,18-19H,10-11,14-16H2,1-6H3/t18-,19-/m0/s1. The molecule has 0 N–H and O–H groups in total. The zero-order valence-electron chi connectivity index (χ0n) is 15.9. The van der Waals surface area contributed by atoms with Gasteiger partial charge in [0.05, 0.1) is 6.10 Å². The molecule has 1 fully saturated rings. The molecule has 1 aromatic rings. The Morgan fingerprint density at radius 1 is 1.17 bits per heavy atom. The van der Waals surface area contributed by atoms with Crippen LogP contribution in [0.4, 0.5) is 0 Å². The second-order valence-electron chi connectivity index (χ2n) is 8.64. The minimum absolute atomic E-state index is 0.225. The third-order valence-corrected chi connectivity index (χ3v) is 10.3. The molecular formula is C20H35NOSi. The highest BCUT2D eigenvalue weighted by atomic mass is 28.4. The molecule has 0 radical (unpaired) electrons. The first-order valence-electron chi connectivity index (χ1n) is 9.14. The van der Waals surface area contributed by atoms with Crippen molar-refractivity contribution in [2.75, 3.05) is 13.6 Å². The molecule has 0 amide bonds. The van der Waals surface area contributed by atoms with E-state index in [0.717, 1.165) is 6.42 Å². The first-order valence-corrected chi connectivity index (χ1v) is 12.0. The van der Waals surface area contributed by atoms with Crippen molar-refractivity contribution < 1.29 is 4.43 Å². The van der Waals surface area contributed by atoms with Crippen LogP contribution >= 0.6 is 0 Å². The van der Waals surface area contributed by atoms with E-state index in [4.69, 9.17) is 4.43 Å². The van der Waals surface area contributed by atoms with Crippen molar-refractivity contribution in [3.63, 3.8) is 0 Å². The fourth-order valence-electron chi connectivity index (χ4n) is 3.14. The van der Waals surface area contributed by atoms with E-state index in [2.05, 4.69) is 76.1 Å². The lowest BCUT2D eigenvalue weighted by atomic mass is 9.94. The number of hydrogen-bond donors (Lipinski definition) is 0. The van der Waals surface area contributed by atoms with Crippen LogP contribution in [0.1, 0.15) is 58.1 Å². The number of likely N-dealkylation sites (tertiary alicyclic amines) is 1. The van der Waals surface area contributed by atoms with Crippen LogP contribution < -0.4 is 0 Å². The van der Waals surface area contributed by atoms with Crippen molar-refractivity contribution in [2.24, 2.45) is 0 Å². The van der Waals surface area contributed by atoms with Crippen LogP contribution in [-0.2, 0) is 4.43 Å². The lowest BCUT2D eigenvalue weighted by Crippen LogP contribution is -2.44. The van der Waals surface area contributed by atoms with E-state index in [1.807, 2.05) is 0 Å². The summed E-state index contributed by atoms with van der Waals surface area (Å²) in [6.45, 7) is 12.9. The molecule has 3 heteroatoms. The molecule has 2 rings (SSSR count). The van der Waals surface area contributed by atoms with E-state index >= 15 is 0 Å². The molecular weight excluding hydrogens is 298 g/mol. The fraction of sp³-hybridized carbons (Fsp3) is 0.700. The van der Waals surface area contributed by atoms with Crippen LogP contribution in [0.2, 0.25) is 18.1 Å². The van der Waals surface area contributed by atoms with E-state index in [-0.39, 0.29) is 11.1 Å². The Kier molecular flexibility index (Phi) is 6.09. The number of benzene rings is 1. The SMILES string of the molecule is CN1CCCC[C@H]1C[C@H](O[Si](C)(C)C(C)(C)C)c1ccccc1. The topological polar surface area (TPSA) is 12.5 Å². The Labute approximate surface area is 144 Å². The van der Waals surface area contributed by atoms with Crippen molar-refractivity contribution in [1.29, 1.82) is 0 Å². The largest absolute Gasteiger partial charge is 0.410 e. The van der Waals surface area contributed by atoms with Crippen molar-refractivity contribution in [2.45, 2.75) is 76.7 Å². The fourth-order valence-corrected chi connectivity index (χ4v) is 4.44. The van der Waals surface area contributed by atoms with Crippen LogP contribution in [0.25, 0.3) is 0 Å². The Bertz CT molecular complexity index is 480. The summed E-state index contributed by atoms with van der Waals surface area (Å²) in [5.74, 6) is 0. The number of rotatable bonds is 5. The number of nitrogens with zero attached hydrogens (tertiary/aromatic N) is 1. The highest BCUT2D eigenvalue weighted by Crippen LogP contribution is 2.41. The maximum Gasteiger partial charge on any atom is 0.192 e. The van der Waals surface area contributed by atoms with E-state index in [0.29, 0.717) is 6.04 Å². The average Bonchev–Trinajstić information content (AvgIpc) is 2.48. The van der Waals surface area contributed by atoms with Gasteiger partial charge in [0.1, 0.15) is 0 Å². The van der Waals surface area contributed by atoms with Gasteiger partial charge in [-0.05, 0) is 56.6 Å². The summed E-state index contributed by atoms with van der Waals surface area (Å²) in [7, 11) is 0.500. The third-order valence-electron chi connectivity index (χ3n) is 5.82. The van der Waals surface area contributed by atoms with E-state index in [9.17, 15) is 0 Å². The van der Waals surface area contributed by atoms with Gasteiger partial charge in [0, 0.05) is 6.04 Å². The minimum atomic E-state index is -1.78. The Hall–Kier alpha value is -0.643. The van der Waals surface area contributed by atoms with Crippen LogP contribution in [0.3, 0.4) is 0 Å². The predicted octanol–water partition coefficient (Wildman–Crippen LogP) is 5.62. The molecule has 0 saturated carbocycles. The van der Waals surface area contributed by atoms with Gasteiger partial charge in [0.25, 0.3) is 0 Å². The summed E-state index contributed by atoms with van der Waals surface area (Å²) >= 11 is 0. The van der Waals surface area contributed by atoms with Gasteiger partial charge in [-0.15, -0.1) is 0 Å². The zero-order chi connectivity index (χ0) is 17.1. The average molecular weight is 334 g/mol. The van der Waals surface area contributed by atoms with Crippen LogP contribution in [0.5, 0.6) is 0 Å². The van der Waals surface area contributed by atoms with Gasteiger partial charge in [-0.1, -0.05) is 57.5 Å². The lowest BCUT2D eigenvalue weighted by Gasteiger charge is -2.42.